The van der Waals surface area contributed by atoms with Gasteiger partial charge in [0.25, 0.3) is 0 Å². The lowest BCUT2D eigenvalue weighted by atomic mass is 10.1. The fourth-order valence-electron chi connectivity index (χ4n) is 2.25. The van der Waals surface area contributed by atoms with E-state index >= 15 is 0 Å². The van der Waals surface area contributed by atoms with E-state index in [4.69, 9.17) is 9.84 Å². The predicted molar refractivity (Wildman–Crippen MR) is 66.0 cm³/mol. The van der Waals surface area contributed by atoms with E-state index in [-0.39, 0.29) is 31.2 Å². The summed E-state index contributed by atoms with van der Waals surface area (Å²) < 4.78 is 19.4. The molecule has 2 atom stereocenters. The number of rotatable bonds is 3. The van der Waals surface area contributed by atoms with Crippen LogP contribution in [-0.2, 0) is 11.3 Å². The molecule has 18 heavy (non-hydrogen) atoms. The number of hydrogen-bond acceptors (Lipinski definition) is 4. The third-order valence-electron chi connectivity index (χ3n) is 3.24. The molecule has 1 aliphatic heterocycles. The van der Waals surface area contributed by atoms with Gasteiger partial charge in [0.2, 0.25) is 0 Å². The minimum Gasteiger partial charge on any atom is -0.394 e. The maximum atomic E-state index is 14.0. The van der Waals surface area contributed by atoms with Crippen molar-refractivity contribution in [2.45, 2.75) is 25.7 Å². The molecule has 0 spiro atoms. The Morgan fingerprint density at radius 2 is 2.22 bits per heavy atom. The van der Waals surface area contributed by atoms with Gasteiger partial charge in [-0.15, -0.1) is 0 Å². The Kier molecular flexibility index (Phi) is 4.16. The summed E-state index contributed by atoms with van der Waals surface area (Å²) in [7, 11) is 0. The highest BCUT2D eigenvalue weighted by atomic mass is 19.1. The highest BCUT2D eigenvalue weighted by Crippen LogP contribution is 2.28. The van der Waals surface area contributed by atoms with E-state index in [2.05, 4.69) is 0 Å². The van der Waals surface area contributed by atoms with Gasteiger partial charge in [0.1, 0.15) is 5.82 Å². The Morgan fingerprint density at radius 1 is 1.44 bits per heavy atom. The van der Waals surface area contributed by atoms with Gasteiger partial charge in [-0.2, -0.15) is 0 Å². The van der Waals surface area contributed by atoms with Crippen LogP contribution >= 0.6 is 0 Å². The van der Waals surface area contributed by atoms with Crippen molar-refractivity contribution in [1.82, 2.24) is 0 Å². The number of morpholine rings is 1. The Labute approximate surface area is 106 Å². The van der Waals surface area contributed by atoms with Crippen LogP contribution in [0.15, 0.2) is 18.2 Å². The summed E-state index contributed by atoms with van der Waals surface area (Å²) in [5.41, 5.74) is 0.967. The van der Waals surface area contributed by atoms with Crippen molar-refractivity contribution in [2.24, 2.45) is 0 Å². The van der Waals surface area contributed by atoms with Gasteiger partial charge in [-0.25, -0.2) is 4.39 Å². The van der Waals surface area contributed by atoms with Crippen molar-refractivity contribution < 1.29 is 19.3 Å². The van der Waals surface area contributed by atoms with Crippen LogP contribution in [0.2, 0.25) is 0 Å². The van der Waals surface area contributed by atoms with Gasteiger partial charge in [-0.3, -0.25) is 0 Å². The molecule has 0 saturated carbocycles. The molecule has 0 bridgehead atoms. The van der Waals surface area contributed by atoms with Crippen LogP contribution in [0, 0.1) is 5.82 Å². The largest absolute Gasteiger partial charge is 0.394 e. The number of anilines is 1. The molecular weight excluding hydrogens is 237 g/mol. The van der Waals surface area contributed by atoms with Gasteiger partial charge in [-0.05, 0) is 13.0 Å². The van der Waals surface area contributed by atoms with Gasteiger partial charge < -0.3 is 19.8 Å². The Balaban J connectivity index is 2.34. The number of para-hydroxylation sites is 1. The molecular formula is C13H18FNO3. The van der Waals surface area contributed by atoms with E-state index in [1.54, 1.807) is 12.1 Å². The van der Waals surface area contributed by atoms with Crippen LogP contribution < -0.4 is 4.90 Å². The number of benzene rings is 1. The zero-order valence-electron chi connectivity index (χ0n) is 10.3. The fourth-order valence-corrected chi connectivity index (χ4v) is 2.25. The second kappa shape index (κ2) is 5.65. The van der Waals surface area contributed by atoms with Crippen LogP contribution in [0.3, 0.4) is 0 Å². The van der Waals surface area contributed by atoms with E-state index in [0.717, 1.165) is 0 Å². The molecule has 1 aromatic carbocycles. The molecule has 100 valence electrons. The normalized spacial score (nSPS) is 24.3. The second-order valence-electron chi connectivity index (χ2n) is 4.54. The minimum absolute atomic E-state index is 0.00926. The molecule has 2 unspecified atom stereocenters. The smallest absolute Gasteiger partial charge is 0.146 e. The molecule has 0 radical (unpaired) electrons. The Hall–Kier alpha value is -1.17. The summed E-state index contributed by atoms with van der Waals surface area (Å²) in [5.74, 6) is -0.355. The first kappa shape index (κ1) is 13.3. The molecule has 1 saturated heterocycles. The van der Waals surface area contributed by atoms with Crippen molar-refractivity contribution in [3.05, 3.63) is 29.6 Å². The second-order valence-corrected chi connectivity index (χ2v) is 4.54. The SMILES string of the molecule is CC1COC(CO)CN1c1c(F)cccc1CO. The number of aliphatic hydroxyl groups excluding tert-OH is 2. The van der Waals surface area contributed by atoms with Gasteiger partial charge in [0.05, 0.1) is 31.6 Å². The van der Waals surface area contributed by atoms with Crippen molar-refractivity contribution in [2.75, 3.05) is 24.7 Å². The number of halogens is 1. The highest BCUT2D eigenvalue weighted by Gasteiger charge is 2.28. The van der Waals surface area contributed by atoms with E-state index in [1.165, 1.54) is 6.07 Å². The third-order valence-corrected chi connectivity index (χ3v) is 3.24. The average Bonchev–Trinajstić information content (AvgIpc) is 2.39. The van der Waals surface area contributed by atoms with Gasteiger partial charge in [0, 0.05) is 18.2 Å². The quantitative estimate of drug-likeness (QED) is 0.842. The van der Waals surface area contributed by atoms with Crippen LogP contribution in [-0.4, -0.2) is 42.1 Å². The van der Waals surface area contributed by atoms with E-state index in [9.17, 15) is 9.50 Å². The Bertz CT molecular complexity index is 413. The number of aliphatic hydroxyl groups is 2. The number of hydrogen-bond donors (Lipinski definition) is 2. The van der Waals surface area contributed by atoms with E-state index < -0.39 is 0 Å². The van der Waals surface area contributed by atoms with Crippen molar-refractivity contribution in [1.29, 1.82) is 0 Å². The molecule has 1 aromatic rings. The maximum absolute atomic E-state index is 14.0. The zero-order chi connectivity index (χ0) is 13.1. The van der Waals surface area contributed by atoms with Crippen LogP contribution in [0.1, 0.15) is 12.5 Å². The molecule has 2 rings (SSSR count). The number of ether oxygens (including phenoxy) is 1. The molecule has 4 nitrogen and oxygen atoms in total. The molecule has 0 amide bonds. The standard InChI is InChI=1S/C13H18FNO3/c1-9-8-18-11(7-17)5-15(9)13-10(6-16)3-2-4-12(13)14/h2-4,9,11,16-17H,5-8H2,1H3. The first-order valence-electron chi connectivity index (χ1n) is 6.04. The molecule has 1 heterocycles. The minimum atomic E-state index is -0.355. The van der Waals surface area contributed by atoms with Crippen molar-refractivity contribution >= 4 is 5.69 Å². The summed E-state index contributed by atoms with van der Waals surface area (Å²) in [6, 6.07) is 4.67. The summed E-state index contributed by atoms with van der Waals surface area (Å²) in [6.07, 6.45) is -0.313. The molecule has 5 heteroatoms. The number of nitrogens with zero attached hydrogens (tertiary/aromatic N) is 1. The molecule has 0 aliphatic carbocycles. The lowest BCUT2D eigenvalue weighted by Crippen LogP contribution is -2.50. The lowest BCUT2D eigenvalue weighted by molar-refractivity contribution is -0.0106. The first-order chi connectivity index (χ1) is 8.67. The topological polar surface area (TPSA) is 52.9 Å². The molecule has 0 aromatic heterocycles. The molecule has 1 fully saturated rings. The summed E-state index contributed by atoms with van der Waals surface area (Å²) in [6.45, 7) is 2.49. The summed E-state index contributed by atoms with van der Waals surface area (Å²) in [5, 5.41) is 18.5. The van der Waals surface area contributed by atoms with Crippen molar-refractivity contribution in [3.8, 4) is 0 Å². The highest BCUT2D eigenvalue weighted by molar-refractivity contribution is 5.55. The fraction of sp³-hybridized carbons (Fsp3) is 0.538. The van der Waals surface area contributed by atoms with Gasteiger partial charge in [-0.1, -0.05) is 12.1 Å². The lowest BCUT2D eigenvalue weighted by Gasteiger charge is -2.40. The summed E-state index contributed by atoms with van der Waals surface area (Å²) >= 11 is 0. The first-order valence-corrected chi connectivity index (χ1v) is 6.04. The van der Waals surface area contributed by atoms with Crippen LogP contribution in [0.25, 0.3) is 0 Å². The molecule has 1 aliphatic rings. The van der Waals surface area contributed by atoms with E-state index in [1.807, 2.05) is 11.8 Å². The van der Waals surface area contributed by atoms with Gasteiger partial charge >= 0.3 is 0 Å². The van der Waals surface area contributed by atoms with Crippen LogP contribution in [0.4, 0.5) is 10.1 Å². The van der Waals surface area contributed by atoms with Gasteiger partial charge in [0.15, 0.2) is 0 Å². The third kappa shape index (κ3) is 2.48. The van der Waals surface area contributed by atoms with E-state index in [0.29, 0.717) is 24.4 Å². The van der Waals surface area contributed by atoms with Crippen LogP contribution in [0.5, 0.6) is 0 Å². The average molecular weight is 255 g/mol. The maximum Gasteiger partial charge on any atom is 0.146 e. The zero-order valence-corrected chi connectivity index (χ0v) is 10.3. The molecule has 2 N–H and O–H groups in total. The Morgan fingerprint density at radius 3 is 2.89 bits per heavy atom. The van der Waals surface area contributed by atoms with Crippen molar-refractivity contribution in [3.63, 3.8) is 0 Å². The predicted octanol–water partition coefficient (Wildman–Crippen LogP) is 0.904. The monoisotopic (exact) mass is 255 g/mol. The summed E-state index contributed by atoms with van der Waals surface area (Å²) in [4.78, 5) is 1.85.